The number of aliphatic hydroxyl groups excluding tert-OH is 1. The highest BCUT2D eigenvalue weighted by Crippen LogP contribution is 2.44. The molecule has 0 aliphatic carbocycles. The maximum Gasteiger partial charge on any atom is 0.300 e. The van der Waals surface area contributed by atoms with E-state index in [2.05, 4.69) is 11.9 Å². The number of unbranched alkanes of at least 4 members (excludes halogenated alkanes) is 1. The molecule has 1 aliphatic rings. The minimum atomic E-state index is -0.958. The normalized spacial score (nSPS) is 17.1. The van der Waals surface area contributed by atoms with Crippen molar-refractivity contribution in [1.29, 1.82) is 0 Å². The molecule has 1 N–H and O–H groups in total. The highest BCUT2D eigenvalue weighted by atomic mass is 35.5. The van der Waals surface area contributed by atoms with Crippen molar-refractivity contribution in [2.45, 2.75) is 32.2 Å². The first kappa shape index (κ1) is 24.8. The largest absolute Gasteiger partial charge is 0.507 e. The number of aromatic nitrogens is 1. The summed E-state index contributed by atoms with van der Waals surface area (Å²) in [6.45, 7) is 2.13. The first-order valence-corrected chi connectivity index (χ1v) is 12.0. The molecule has 35 heavy (non-hydrogen) atoms. The Morgan fingerprint density at radius 3 is 2.49 bits per heavy atom. The van der Waals surface area contributed by atoms with Gasteiger partial charge in [-0.25, -0.2) is 0 Å². The summed E-state index contributed by atoms with van der Waals surface area (Å²) in [5, 5.41) is 11.8. The lowest BCUT2D eigenvalue weighted by Gasteiger charge is -2.25. The predicted molar refractivity (Wildman–Crippen MR) is 137 cm³/mol. The highest BCUT2D eigenvalue weighted by Gasteiger charge is 2.48. The molecule has 0 saturated carbocycles. The lowest BCUT2D eigenvalue weighted by molar-refractivity contribution is -0.132. The number of amides is 1. The number of nitrogens with zero attached hydrogens (tertiary/aromatic N) is 2. The monoisotopic (exact) mass is 510 g/mol. The number of hydrogen-bond donors (Lipinski definition) is 1. The molecule has 1 aliphatic heterocycles. The van der Waals surface area contributed by atoms with Gasteiger partial charge in [0.15, 0.2) is 0 Å². The van der Waals surface area contributed by atoms with Crippen LogP contribution in [-0.2, 0) is 16.0 Å². The SMILES string of the molecule is CCCCc1ccc(N2C(=O)C(=O)/C(=C(/O)c3cc(Cl)cc(Cl)c3OC)C2c2ccccn2)cc1. The summed E-state index contributed by atoms with van der Waals surface area (Å²) in [6.07, 6.45) is 4.63. The van der Waals surface area contributed by atoms with E-state index >= 15 is 0 Å². The Morgan fingerprint density at radius 2 is 1.86 bits per heavy atom. The fraction of sp³-hybridized carbons (Fsp3) is 0.222. The second-order valence-electron chi connectivity index (χ2n) is 8.16. The molecule has 1 amide bonds. The summed E-state index contributed by atoms with van der Waals surface area (Å²) in [5.41, 5.74) is 2.08. The molecule has 1 fully saturated rings. The number of carbonyl (C=O) groups excluding carboxylic acids is 2. The van der Waals surface area contributed by atoms with Crippen LogP contribution >= 0.6 is 23.2 Å². The van der Waals surface area contributed by atoms with Gasteiger partial charge in [-0.3, -0.25) is 19.5 Å². The number of hydrogen-bond acceptors (Lipinski definition) is 5. The van der Waals surface area contributed by atoms with Gasteiger partial charge in [0.2, 0.25) is 0 Å². The molecule has 0 bridgehead atoms. The van der Waals surface area contributed by atoms with Crippen LogP contribution in [0.1, 0.15) is 42.6 Å². The Labute approximate surface area is 213 Å². The van der Waals surface area contributed by atoms with Crippen molar-refractivity contribution in [2.24, 2.45) is 0 Å². The number of rotatable bonds is 7. The first-order valence-electron chi connectivity index (χ1n) is 11.2. The van der Waals surface area contributed by atoms with Crippen LogP contribution in [-0.4, -0.2) is 28.9 Å². The van der Waals surface area contributed by atoms with E-state index in [0.29, 0.717) is 11.4 Å². The van der Waals surface area contributed by atoms with Crippen molar-refractivity contribution in [3.63, 3.8) is 0 Å². The van der Waals surface area contributed by atoms with Crippen LogP contribution in [0.2, 0.25) is 10.0 Å². The van der Waals surface area contributed by atoms with Crippen LogP contribution in [0.25, 0.3) is 5.76 Å². The quantitative estimate of drug-likeness (QED) is 0.227. The van der Waals surface area contributed by atoms with Gasteiger partial charge < -0.3 is 9.84 Å². The Morgan fingerprint density at radius 1 is 1.11 bits per heavy atom. The van der Waals surface area contributed by atoms with Crippen LogP contribution in [0.3, 0.4) is 0 Å². The molecule has 1 atom stereocenters. The zero-order chi connectivity index (χ0) is 25.1. The van der Waals surface area contributed by atoms with Crippen LogP contribution in [0.15, 0.2) is 66.4 Å². The molecule has 1 saturated heterocycles. The van der Waals surface area contributed by atoms with Crippen LogP contribution < -0.4 is 9.64 Å². The van der Waals surface area contributed by atoms with E-state index in [0.717, 1.165) is 24.8 Å². The van der Waals surface area contributed by atoms with Crippen LogP contribution in [0.4, 0.5) is 5.69 Å². The number of anilines is 1. The van der Waals surface area contributed by atoms with E-state index in [9.17, 15) is 14.7 Å². The summed E-state index contributed by atoms with van der Waals surface area (Å²) in [4.78, 5) is 32.4. The molecule has 1 aromatic heterocycles. The zero-order valence-electron chi connectivity index (χ0n) is 19.3. The number of pyridine rings is 1. The molecule has 4 rings (SSSR count). The average Bonchev–Trinajstić information content (AvgIpc) is 3.13. The number of methoxy groups -OCH3 is 1. The molecule has 2 heterocycles. The first-order chi connectivity index (χ1) is 16.9. The molecular weight excluding hydrogens is 487 g/mol. The van der Waals surface area contributed by atoms with Gasteiger partial charge in [-0.2, -0.15) is 0 Å². The van der Waals surface area contributed by atoms with Crippen molar-refractivity contribution >= 4 is 46.3 Å². The fourth-order valence-electron chi connectivity index (χ4n) is 4.21. The summed E-state index contributed by atoms with van der Waals surface area (Å²) in [5.74, 6) is -1.91. The zero-order valence-corrected chi connectivity index (χ0v) is 20.8. The van der Waals surface area contributed by atoms with Gasteiger partial charge in [0.1, 0.15) is 17.6 Å². The number of benzene rings is 2. The summed E-state index contributed by atoms with van der Waals surface area (Å²) >= 11 is 12.4. The van der Waals surface area contributed by atoms with Gasteiger partial charge in [0.25, 0.3) is 11.7 Å². The topological polar surface area (TPSA) is 79.7 Å². The predicted octanol–water partition coefficient (Wildman–Crippen LogP) is 6.37. The maximum absolute atomic E-state index is 13.3. The maximum atomic E-state index is 13.3. The highest BCUT2D eigenvalue weighted by molar-refractivity contribution is 6.51. The Kier molecular flexibility index (Phi) is 7.43. The number of aryl methyl sites for hydroxylation is 1. The summed E-state index contributed by atoms with van der Waals surface area (Å²) < 4.78 is 5.36. The second kappa shape index (κ2) is 10.5. The Hall–Kier alpha value is -3.35. The smallest absolute Gasteiger partial charge is 0.300 e. The van der Waals surface area contributed by atoms with Gasteiger partial charge in [-0.1, -0.05) is 54.7 Å². The van der Waals surface area contributed by atoms with Crippen LogP contribution in [0, 0.1) is 0 Å². The minimum absolute atomic E-state index is 0.110. The molecule has 2 aromatic carbocycles. The van der Waals surface area contributed by atoms with Crippen molar-refractivity contribution in [3.8, 4) is 5.75 Å². The molecule has 0 spiro atoms. The number of carbonyl (C=O) groups is 2. The summed E-state index contributed by atoms with van der Waals surface area (Å²) in [6, 6.07) is 14.6. The van der Waals surface area contributed by atoms with Gasteiger partial charge in [-0.15, -0.1) is 0 Å². The van der Waals surface area contributed by atoms with Gasteiger partial charge >= 0.3 is 0 Å². The van der Waals surface area contributed by atoms with E-state index in [1.165, 1.54) is 24.1 Å². The molecule has 8 heteroatoms. The van der Waals surface area contributed by atoms with Gasteiger partial charge in [-0.05, 0) is 54.8 Å². The molecular formula is C27H24Cl2N2O4. The Balaban J connectivity index is 1.90. The third-order valence-corrected chi connectivity index (χ3v) is 6.41. The molecule has 0 radical (unpaired) electrons. The van der Waals surface area contributed by atoms with Crippen LogP contribution in [0.5, 0.6) is 5.75 Å². The average molecular weight is 511 g/mol. The van der Waals surface area contributed by atoms with Crippen molar-refractivity contribution < 1.29 is 19.4 Å². The van der Waals surface area contributed by atoms with Gasteiger partial charge in [0, 0.05) is 16.9 Å². The Bertz CT molecular complexity index is 1290. The van der Waals surface area contributed by atoms with E-state index in [-0.39, 0.29) is 26.9 Å². The molecule has 180 valence electrons. The van der Waals surface area contributed by atoms with Gasteiger partial charge in [0.05, 0.1) is 29.0 Å². The minimum Gasteiger partial charge on any atom is -0.507 e. The number of halogens is 2. The molecule has 1 unspecified atom stereocenters. The third kappa shape index (κ3) is 4.77. The molecule has 3 aromatic rings. The van der Waals surface area contributed by atoms with E-state index in [4.69, 9.17) is 27.9 Å². The number of aliphatic hydroxyl groups is 1. The fourth-order valence-corrected chi connectivity index (χ4v) is 4.78. The number of ether oxygens (including phenoxy) is 1. The lowest BCUT2D eigenvalue weighted by Crippen LogP contribution is -2.29. The standard InChI is InChI=1S/C27H24Cl2N2O4/c1-3-4-7-16-9-11-18(12-10-16)31-23(21-8-5-6-13-30-21)22(25(33)27(31)34)24(32)19-14-17(28)15-20(29)26(19)35-2/h5-6,8-15,23,32H,3-4,7H2,1-2H3/b24-22+. The van der Waals surface area contributed by atoms with E-state index < -0.39 is 23.5 Å². The van der Waals surface area contributed by atoms with Crippen molar-refractivity contribution in [3.05, 3.63) is 93.2 Å². The third-order valence-electron chi connectivity index (χ3n) is 5.91. The summed E-state index contributed by atoms with van der Waals surface area (Å²) in [7, 11) is 1.39. The van der Waals surface area contributed by atoms with Crippen molar-refractivity contribution in [2.75, 3.05) is 12.0 Å². The van der Waals surface area contributed by atoms with Crippen molar-refractivity contribution in [1.82, 2.24) is 4.98 Å². The van der Waals surface area contributed by atoms with E-state index in [1.807, 2.05) is 24.3 Å². The molecule has 6 nitrogen and oxygen atoms in total. The lowest BCUT2D eigenvalue weighted by atomic mass is 9.97. The second-order valence-corrected chi connectivity index (χ2v) is 9.01. The van der Waals surface area contributed by atoms with E-state index in [1.54, 1.807) is 24.4 Å². The number of Topliss-reactive ketones (excluding diaryl/α,β-unsaturated/α-hetero) is 1. The number of ketones is 1.